The molecule has 1 heterocycles. The van der Waals surface area contributed by atoms with Crippen LogP contribution in [0.1, 0.15) is 39.7 Å². The fourth-order valence-electron chi connectivity index (χ4n) is 3.14. The van der Waals surface area contributed by atoms with Gasteiger partial charge in [-0.15, -0.1) is 0 Å². The highest BCUT2D eigenvalue weighted by molar-refractivity contribution is 5.68. The minimum Gasteiger partial charge on any atom is -0.444 e. The van der Waals surface area contributed by atoms with Crippen LogP contribution < -0.4 is 5.32 Å². The topological polar surface area (TPSA) is 41.6 Å². The summed E-state index contributed by atoms with van der Waals surface area (Å²) in [6.07, 6.45) is 1.85. The van der Waals surface area contributed by atoms with Crippen LogP contribution in [-0.2, 0) is 11.2 Å². The van der Waals surface area contributed by atoms with Crippen molar-refractivity contribution in [3.8, 4) is 0 Å². The van der Waals surface area contributed by atoms with Crippen molar-refractivity contribution in [3.63, 3.8) is 0 Å². The van der Waals surface area contributed by atoms with Gasteiger partial charge in [0.25, 0.3) is 0 Å². The van der Waals surface area contributed by atoms with Gasteiger partial charge in [0, 0.05) is 19.1 Å². The highest BCUT2D eigenvalue weighted by Gasteiger charge is 2.33. The first kappa shape index (κ1) is 17.8. The Morgan fingerprint density at radius 3 is 2.65 bits per heavy atom. The van der Waals surface area contributed by atoms with Crippen LogP contribution in [0.2, 0.25) is 0 Å². The molecule has 1 saturated heterocycles. The second-order valence-corrected chi connectivity index (χ2v) is 7.33. The van der Waals surface area contributed by atoms with Crippen LogP contribution in [0.4, 0.5) is 4.79 Å². The first-order valence-corrected chi connectivity index (χ1v) is 8.64. The molecule has 0 saturated carbocycles. The van der Waals surface area contributed by atoms with E-state index >= 15 is 0 Å². The van der Waals surface area contributed by atoms with Gasteiger partial charge < -0.3 is 15.0 Å². The molecule has 4 heteroatoms. The van der Waals surface area contributed by atoms with Crippen LogP contribution in [0, 0.1) is 5.92 Å². The van der Waals surface area contributed by atoms with E-state index in [1.165, 1.54) is 5.56 Å². The molecule has 1 amide bonds. The third-order valence-electron chi connectivity index (χ3n) is 4.21. The smallest absolute Gasteiger partial charge is 0.410 e. The fourth-order valence-corrected chi connectivity index (χ4v) is 3.14. The lowest BCUT2D eigenvalue weighted by atomic mass is 9.92. The van der Waals surface area contributed by atoms with Gasteiger partial charge in [-0.05, 0) is 51.6 Å². The standard InChI is InChI=1S/C19H30N2O2/c1-5-20-17(13-15-9-7-6-8-10-15)16-11-12-21(14-16)18(22)23-19(2,3)4/h6-10,16-17,20H,5,11-14H2,1-4H3. The molecule has 0 aromatic heterocycles. The summed E-state index contributed by atoms with van der Waals surface area (Å²) >= 11 is 0. The molecule has 2 rings (SSSR count). The van der Waals surface area contributed by atoms with Gasteiger partial charge in [-0.25, -0.2) is 4.79 Å². The Balaban J connectivity index is 1.95. The molecule has 128 valence electrons. The van der Waals surface area contributed by atoms with Crippen molar-refractivity contribution in [2.45, 2.75) is 52.2 Å². The third kappa shape index (κ3) is 5.54. The van der Waals surface area contributed by atoms with E-state index in [2.05, 4.69) is 36.5 Å². The van der Waals surface area contributed by atoms with Crippen molar-refractivity contribution < 1.29 is 9.53 Å². The average molecular weight is 318 g/mol. The van der Waals surface area contributed by atoms with Crippen LogP contribution >= 0.6 is 0 Å². The van der Waals surface area contributed by atoms with Crippen molar-refractivity contribution in [2.75, 3.05) is 19.6 Å². The van der Waals surface area contributed by atoms with Crippen molar-refractivity contribution in [1.29, 1.82) is 0 Å². The van der Waals surface area contributed by atoms with E-state index < -0.39 is 5.60 Å². The first-order chi connectivity index (χ1) is 10.9. The summed E-state index contributed by atoms with van der Waals surface area (Å²) in [6.45, 7) is 10.4. The molecular formula is C19H30N2O2. The summed E-state index contributed by atoms with van der Waals surface area (Å²) in [5.74, 6) is 0.475. The maximum absolute atomic E-state index is 12.2. The van der Waals surface area contributed by atoms with E-state index in [0.29, 0.717) is 12.0 Å². The quantitative estimate of drug-likeness (QED) is 0.904. The van der Waals surface area contributed by atoms with Gasteiger partial charge in [-0.3, -0.25) is 0 Å². The molecule has 1 aromatic rings. The monoisotopic (exact) mass is 318 g/mol. The number of ether oxygens (including phenoxy) is 1. The van der Waals surface area contributed by atoms with E-state index in [1.807, 2.05) is 31.7 Å². The van der Waals surface area contributed by atoms with Gasteiger partial charge in [0.05, 0.1) is 0 Å². The Morgan fingerprint density at radius 2 is 2.04 bits per heavy atom. The van der Waals surface area contributed by atoms with E-state index in [1.54, 1.807) is 0 Å². The van der Waals surface area contributed by atoms with Crippen molar-refractivity contribution in [1.82, 2.24) is 10.2 Å². The number of rotatable bonds is 5. The molecule has 2 atom stereocenters. The summed E-state index contributed by atoms with van der Waals surface area (Å²) < 4.78 is 5.49. The summed E-state index contributed by atoms with van der Waals surface area (Å²) in [7, 11) is 0. The maximum atomic E-state index is 12.2. The Kier molecular flexibility index (Phi) is 6.05. The van der Waals surface area contributed by atoms with E-state index in [0.717, 1.165) is 32.5 Å². The Hall–Kier alpha value is -1.55. The number of carbonyl (C=O) groups excluding carboxylic acids is 1. The Bertz CT molecular complexity index is 496. The number of carbonyl (C=O) groups is 1. The summed E-state index contributed by atoms with van der Waals surface area (Å²) in [4.78, 5) is 14.1. The number of hydrogen-bond donors (Lipinski definition) is 1. The molecule has 1 aliphatic rings. The van der Waals surface area contributed by atoms with Crippen LogP contribution in [0.5, 0.6) is 0 Å². The van der Waals surface area contributed by atoms with E-state index in [-0.39, 0.29) is 6.09 Å². The molecule has 0 spiro atoms. The van der Waals surface area contributed by atoms with Crippen molar-refractivity contribution in [2.24, 2.45) is 5.92 Å². The highest BCUT2D eigenvalue weighted by Crippen LogP contribution is 2.24. The van der Waals surface area contributed by atoms with E-state index in [4.69, 9.17) is 4.74 Å². The number of nitrogens with one attached hydrogen (secondary N) is 1. The summed E-state index contributed by atoms with van der Waals surface area (Å²) in [6, 6.07) is 11.0. The summed E-state index contributed by atoms with van der Waals surface area (Å²) in [5, 5.41) is 3.60. The molecule has 23 heavy (non-hydrogen) atoms. The molecule has 4 nitrogen and oxygen atoms in total. The molecule has 1 aromatic carbocycles. The first-order valence-electron chi connectivity index (χ1n) is 8.64. The molecule has 2 unspecified atom stereocenters. The zero-order valence-electron chi connectivity index (χ0n) is 14.8. The molecule has 0 bridgehead atoms. The van der Waals surface area contributed by atoms with Crippen molar-refractivity contribution in [3.05, 3.63) is 35.9 Å². The average Bonchev–Trinajstić information content (AvgIpc) is 2.96. The minimum atomic E-state index is -0.430. The van der Waals surface area contributed by atoms with Crippen molar-refractivity contribution >= 4 is 6.09 Å². The van der Waals surface area contributed by atoms with Gasteiger partial charge in [-0.2, -0.15) is 0 Å². The number of likely N-dealkylation sites (N-methyl/N-ethyl adjacent to an activating group) is 1. The number of benzene rings is 1. The Morgan fingerprint density at radius 1 is 1.35 bits per heavy atom. The SMILES string of the molecule is CCNC(Cc1ccccc1)C1CCN(C(=O)OC(C)(C)C)C1. The molecule has 1 aliphatic heterocycles. The number of hydrogen-bond acceptors (Lipinski definition) is 3. The third-order valence-corrected chi connectivity index (χ3v) is 4.21. The van der Waals surface area contributed by atoms with E-state index in [9.17, 15) is 4.79 Å². The second-order valence-electron chi connectivity index (χ2n) is 7.33. The maximum Gasteiger partial charge on any atom is 0.410 e. The molecular weight excluding hydrogens is 288 g/mol. The fraction of sp³-hybridized carbons (Fsp3) is 0.632. The van der Waals surface area contributed by atoms with Gasteiger partial charge in [-0.1, -0.05) is 37.3 Å². The minimum absolute atomic E-state index is 0.185. The zero-order valence-corrected chi connectivity index (χ0v) is 14.8. The molecule has 0 radical (unpaired) electrons. The van der Waals surface area contributed by atoms with Crippen LogP contribution in [0.3, 0.4) is 0 Å². The predicted molar refractivity (Wildman–Crippen MR) is 93.5 cm³/mol. The van der Waals surface area contributed by atoms with Gasteiger partial charge in [0.15, 0.2) is 0 Å². The van der Waals surface area contributed by atoms with Gasteiger partial charge in [0.1, 0.15) is 5.60 Å². The van der Waals surface area contributed by atoms with Crippen LogP contribution in [-0.4, -0.2) is 42.3 Å². The number of nitrogens with zero attached hydrogens (tertiary/aromatic N) is 1. The molecule has 1 fully saturated rings. The molecule has 0 aliphatic carbocycles. The highest BCUT2D eigenvalue weighted by atomic mass is 16.6. The predicted octanol–water partition coefficient (Wildman–Crippen LogP) is 3.46. The van der Waals surface area contributed by atoms with Crippen LogP contribution in [0.15, 0.2) is 30.3 Å². The lowest BCUT2D eigenvalue weighted by Crippen LogP contribution is -2.41. The number of likely N-dealkylation sites (tertiary alicyclic amines) is 1. The second kappa shape index (κ2) is 7.82. The Labute approximate surface area is 140 Å². The molecule has 1 N–H and O–H groups in total. The van der Waals surface area contributed by atoms with Crippen LogP contribution in [0.25, 0.3) is 0 Å². The lowest BCUT2D eigenvalue weighted by molar-refractivity contribution is 0.0285. The summed E-state index contributed by atoms with van der Waals surface area (Å²) in [5.41, 5.74) is 0.912. The largest absolute Gasteiger partial charge is 0.444 e. The normalized spacial score (nSPS) is 19.7. The zero-order chi connectivity index (χ0) is 16.9. The van der Waals surface area contributed by atoms with Gasteiger partial charge in [0.2, 0.25) is 0 Å². The van der Waals surface area contributed by atoms with Gasteiger partial charge >= 0.3 is 6.09 Å². The number of amides is 1. The lowest BCUT2D eigenvalue weighted by Gasteiger charge is -2.27.